The Labute approximate surface area is 147 Å². The van der Waals surface area contributed by atoms with Crippen LogP contribution in [0.5, 0.6) is 0 Å². The van der Waals surface area contributed by atoms with Crippen molar-refractivity contribution in [3.8, 4) is 11.3 Å². The zero-order valence-corrected chi connectivity index (χ0v) is 15.7. The van der Waals surface area contributed by atoms with E-state index in [4.69, 9.17) is 4.98 Å². The predicted molar refractivity (Wildman–Crippen MR) is 102 cm³/mol. The minimum atomic E-state index is -0.222. The maximum Gasteiger partial charge on any atom is 0.258 e. The summed E-state index contributed by atoms with van der Waals surface area (Å²) in [5.41, 5.74) is 4.89. The van der Waals surface area contributed by atoms with Crippen molar-refractivity contribution in [2.24, 2.45) is 0 Å². The van der Waals surface area contributed by atoms with E-state index in [1.54, 1.807) is 16.3 Å². The molecule has 0 amide bonds. The van der Waals surface area contributed by atoms with Gasteiger partial charge in [-0.05, 0) is 24.7 Å². The highest BCUT2D eigenvalue weighted by atomic mass is 32.2. The molecule has 0 bridgehead atoms. The third kappa shape index (κ3) is 2.84. The maximum absolute atomic E-state index is 13.3. The van der Waals surface area contributed by atoms with Gasteiger partial charge in [0.25, 0.3) is 5.56 Å². The molecule has 0 radical (unpaired) electrons. The van der Waals surface area contributed by atoms with Gasteiger partial charge in [-0.2, -0.15) is 0 Å². The van der Waals surface area contributed by atoms with Crippen LogP contribution < -0.4 is 5.56 Å². The zero-order chi connectivity index (χ0) is 17.5. The van der Waals surface area contributed by atoms with Gasteiger partial charge in [0.05, 0.1) is 5.69 Å². The van der Waals surface area contributed by atoms with Crippen LogP contribution in [0.2, 0.25) is 0 Å². The van der Waals surface area contributed by atoms with E-state index in [0.29, 0.717) is 6.54 Å². The number of aromatic nitrogens is 2. The molecule has 24 heavy (non-hydrogen) atoms. The van der Waals surface area contributed by atoms with Crippen LogP contribution in [0.1, 0.15) is 38.8 Å². The Morgan fingerprint density at radius 2 is 2.08 bits per heavy atom. The highest BCUT2D eigenvalue weighted by molar-refractivity contribution is 7.99. The molecule has 1 heterocycles. The smallest absolute Gasteiger partial charge is 0.258 e. The maximum atomic E-state index is 13.3. The summed E-state index contributed by atoms with van der Waals surface area (Å²) in [6, 6.07) is 8.31. The number of hydrogen-bond donors (Lipinski definition) is 0. The standard InChI is InChI=1S/C20H24N2OS/c1-6-24-19-21-17-15-10-8-7-9-14(15)11-20(4,5)16(17)18(23)22(19)12-13(2)3/h7-10H,2,6,11-12H2,1,3-5H3. The van der Waals surface area contributed by atoms with Gasteiger partial charge in [-0.15, -0.1) is 0 Å². The molecule has 1 aromatic heterocycles. The predicted octanol–water partition coefficient (Wildman–Crippen LogP) is 4.43. The van der Waals surface area contributed by atoms with Crippen LogP contribution in [0.25, 0.3) is 11.3 Å². The molecule has 126 valence electrons. The van der Waals surface area contributed by atoms with Crippen molar-refractivity contribution >= 4 is 11.8 Å². The zero-order valence-electron chi connectivity index (χ0n) is 14.8. The lowest BCUT2D eigenvalue weighted by atomic mass is 9.72. The molecule has 3 rings (SSSR count). The highest BCUT2D eigenvalue weighted by Crippen LogP contribution is 2.40. The Bertz CT molecular complexity index is 864. The molecular weight excluding hydrogens is 316 g/mol. The van der Waals surface area contributed by atoms with E-state index in [2.05, 4.69) is 45.5 Å². The molecule has 0 spiro atoms. The van der Waals surface area contributed by atoms with Crippen molar-refractivity contribution in [2.45, 2.75) is 51.2 Å². The van der Waals surface area contributed by atoms with Crippen LogP contribution in [0.15, 0.2) is 46.4 Å². The number of thioether (sulfide) groups is 1. The lowest BCUT2D eigenvalue weighted by Gasteiger charge is -2.33. The van der Waals surface area contributed by atoms with Gasteiger partial charge < -0.3 is 0 Å². The van der Waals surface area contributed by atoms with Gasteiger partial charge in [0.2, 0.25) is 0 Å². The monoisotopic (exact) mass is 340 g/mol. The number of allylic oxidation sites excluding steroid dienone is 1. The average Bonchev–Trinajstić information content (AvgIpc) is 2.49. The highest BCUT2D eigenvalue weighted by Gasteiger charge is 2.35. The molecule has 2 aromatic rings. The molecule has 0 aliphatic heterocycles. The van der Waals surface area contributed by atoms with Crippen molar-refractivity contribution in [1.29, 1.82) is 0 Å². The summed E-state index contributed by atoms with van der Waals surface area (Å²) in [5, 5.41) is 0.789. The van der Waals surface area contributed by atoms with E-state index in [1.807, 2.05) is 13.0 Å². The fourth-order valence-corrected chi connectivity index (χ4v) is 4.18. The summed E-state index contributed by atoms with van der Waals surface area (Å²) in [4.78, 5) is 18.3. The second kappa shape index (κ2) is 6.25. The van der Waals surface area contributed by atoms with E-state index in [0.717, 1.165) is 39.7 Å². The number of rotatable bonds is 4. The third-order valence-corrected chi connectivity index (χ3v) is 5.28. The van der Waals surface area contributed by atoms with E-state index >= 15 is 0 Å². The molecule has 1 aromatic carbocycles. The Kier molecular flexibility index (Phi) is 4.43. The molecule has 3 nitrogen and oxygen atoms in total. The van der Waals surface area contributed by atoms with Crippen LogP contribution in [-0.2, 0) is 18.4 Å². The summed E-state index contributed by atoms with van der Waals surface area (Å²) < 4.78 is 1.80. The van der Waals surface area contributed by atoms with Crippen molar-refractivity contribution in [1.82, 2.24) is 9.55 Å². The fourth-order valence-electron chi connectivity index (χ4n) is 3.46. The molecule has 0 N–H and O–H groups in total. The molecule has 0 saturated heterocycles. The SMILES string of the molecule is C=C(C)Cn1c(SCC)nc2c(c1=O)C(C)(C)Cc1ccccc1-2. The van der Waals surface area contributed by atoms with E-state index < -0.39 is 0 Å². The summed E-state index contributed by atoms with van der Waals surface area (Å²) in [5.74, 6) is 0.881. The second-order valence-electron chi connectivity index (χ2n) is 7.12. The van der Waals surface area contributed by atoms with E-state index in [9.17, 15) is 4.79 Å². The number of hydrogen-bond acceptors (Lipinski definition) is 3. The number of fused-ring (bicyclic) bond motifs is 3. The first-order chi connectivity index (χ1) is 11.3. The Morgan fingerprint density at radius 1 is 1.38 bits per heavy atom. The first-order valence-corrected chi connectivity index (χ1v) is 9.34. The molecule has 0 saturated carbocycles. The van der Waals surface area contributed by atoms with Crippen molar-refractivity contribution in [3.05, 3.63) is 57.9 Å². The van der Waals surface area contributed by atoms with Crippen molar-refractivity contribution in [2.75, 3.05) is 5.75 Å². The lowest BCUT2D eigenvalue weighted by molar-refractivity contribution is 0.488. The Hall–Kier alpha value is -1.81. The van der Waals surface area contributed by atoms with E-state index in [-0.39, 0.29) is 11.0 Å². The summed E-state index contributed by atoms with van der Waals surface area (Å²) >= 11 is 1.62. The first kappa shape index (κ1) is 17.0. The summed E-state index contributed by atoms with van der Waals surface area (Å²) in [7, 11) is 0. The number of benzene rings is 1. The fraction of sp³-hybridized carbons (Fsp3) is 0.400. The van der Waals surface area contributed by atoms with Gasteiger partial charge in [0.15, 0.2) is 5.16 Å². The molecule has 4 heteroatoms. The summed E-state index contributed by atoms with van der Waals surface area (Å²) in [6.45, 7) is 12.8. The quantitative estimate of drug-likeness (QED) is 0.469. The Balaban J connectivity index is 2.35. The molecule has 0 unspecified atom stereocenters. The van der Waals surface area contributed by atoms with Gasteiger partial charge in [0, 0.05) is 23.1 Å². The van der Waals surface area contributed by atoms with Gasteiger partial charge in [-0.1, -0.05) is 69.0 Å². The van der Waals surface area contributed by atoms with Gasteiger partial charge in [-0.25, -0.2) is 4.98 Å². The van der Waals surface area contributed by atoms with Gasteiger partial charge in [-0.3, -0.25) is 9.36 Å². The summed E-state index contributed by atoms with van der Waals surface area (Å²) in [6.07, 6.45) is 0.862. The number of nitrogens with zero attached hydrogens (tertiary/aromatic N) is 2. The molecule has 1 aliphatic carbocycles. The van der Waals surface area contributed by atoms with Crippen LogP contribution in [0, 0.1) is 0 Å². The first-order valence-electron chi connectivity index (χ1n) is 8.36. The minimum absolute atomic E-state index is 0.0819. The lowest BCUT2D eigenvalue weighted by Crippen LogP contribution is -2.38. The second-order valence-corrected chi connectivity index (χ2v) is 8.35. The molecule has 0 atom stereocenters. The molecule has 1 aliphatic rings. The Morgan fingerprint density at radius 3 is 2.75 bits per heavy atom. The van der Waals surface area contributed by atoms with Crippen molar-refractivity contribution < 1.29 is 0 Å². The van der Waals surface area contributed by atoms with Crippen LogP contribution >= 0.6 is 11.8 Å². The molecular formula is C20H24N2OS. The van der Waals surface area contributed by atoms with Gasteiger partial charge >= 0.3 is 0 Å². The van der Waals surface area contributed by atoms with Crippen LogP contribution in [-0.4, -0.2) is 15.3 Å². The largest absolute Gasteiger partial charge is 0.283 e. The van der Waals surface area contributed by atoms with Crippen LogP contribution in [0.4, 0.5) is 0 Å². The third-order valence-electron chi connectivity index (χ3n) is 4.42. The van der Waals surface area contributed by atoms with Gasteiger partial charge in [0.1, 0.15) is 0 Å². The topological polar surface area (TPSA) is 34.9 Å². The molecule has 0 fully saturated rings. The minimum Gasteiger partial charge on any atom is -0.283 e. The normalized spacial score (nSPS) is 14.8. The van der Waals surface area contributed by atoms with E-state index in [1.165, 1.54) is 5.56 Å². The van der Waals surface area contributed by atoms with Crippen molar-refractivity contribution in [3.63, 3.8) is 0 Å². The van der Waals surface area contributed by atoms with Crippen LogP contribution in [0.3, 0.4) is 0 Å². The average molecular weight is 340 g/mol.